The molecule has 0 spiro atoms. The van der Waals surface area contributed by atoms with Crippen LogP contribution in [0.1, 0.15) is 0 Å². The molecule has 6 nitrogen and oxygen atoms in total. The molecule has 0 unspecified atom stereocenters. The van der Waals surface area contributed by atoms with Crippen molar-refractivity contribution in [1.82, 2.24) is 0 Å². The van der Waals surface area contributed by atoms with Crippen LogP contribution >= 0.6 is 0 Å². The van der Waals surface area contributed by atoms with E-state index in [1.165, 1.54) is 0 Å². The van der Waals surface area contributed by atoms with E-state index in [1.54, 1.807) is 0 Å². The topological polar surface area (TPSA) is 138 Å². The third kappa shape index (κ3) is 632. The minimum Gasteiger partial charge on any atom is -0.412 e. The van der Waals surface area contributed by atoms with E-state index >= 15 is 0 Å². The van der Waals surface area contributed by atoms with Gasteiger partial charge in [0.15, 0.2) is 0 Å². The van der Waals surface area contributed by atoms with Crippen LogP contribution in [-0.4, -0.2) is 28.5 Å². The van der Waals surface area contributed by atoms with Crippen molar-refractivity contribution in [3.63, 3.8) is 0 Å². The van der Waals surface area contributed by atoms with Crippen LogP contribution in [0.2, 0.25) is 0 Å². The molecule has 0 rings (SSSR count). The Kier molecular flexibility index (Phi) is 42.4. The number of hydrogen-bond acceptors (Lipinski definition) is 2. The van der Waals surface area contributed by atoms with Crippen LogP contribution in [0.5, 0.6) is 0 Å². The van der Waals surface area contributed by atoms with Crippen LogP contribution in [0.3, 0.4) is 0 Å². The molecule has 0 aliphatic carbocycles. The molecule has 0 atom stereocenters. The van der Waals surface area contributed by atoms with Crippen LogP contribution in [-0.2, 0) is 44.0 Å². The predicted molar refractivity (Wildman–Crippen MR) is 21.4 cm³/mol. The Morgan fingerprint density at radius 3 is 1.00 bits per heavy atom. The molecular formula is H6FeNiO6S. The van der Waals surface area contributed by atoms with Gasteiger partial charge in [0.1, 0.15) is 0 Å². The first-order valence-corrected chi connectivity index (χ1v) is 2.10. The molecule has 0 aromatic carbocycles. The van der Waals surface area contributed by atoms with Gasteiger partial charge < -0.3 is 11.0 Å². The van der Waals surface area contributed by atoms with E-state index < -0.39 is 10.4 Å². The van der Waals surface area contributed by atoms with Crippen LogP contribution < -0.4 is 0 Å². The molecule has 0 saturated heterocycles. The molecular weight excluding hydrogens is 243 g/mol. The molecule has 0 aromatic rings. The maximum atomic E-state index is 8.74. The second kappa shape index (κ2) is 11.6. The molecule has 0 fully saturated rings. The van der Waals surface area contributed by atoms with Crippen LogP contribution in [0, 0.1) is 0 Å². The fourth-order valence-corrected chi connectivity index (χ4v) is 0. The quantitative estimate of drug-likeness (QED) is 0.367. The summed E-state index contributed by atoms with van der Waals surface area (Å²) in [7, 11) is -4.67. The second-order valence-corrected chi connectivity index (χ2v) is 1.34. The van der Waals surface area contributed by atoms with Crippen LogP contribution in [0.15, 0.2) is 0 Å². The molecule has 0 aliphatic rings. The minimum absolute atomic E-state index is 0. The maximum absolute atomic E-state index is 8.74. The monoisotopic (exact) mass is 248 g/mol. The van der Waals surface area contributed by atoms with Gasteiger partial charge in [0.2, 0.25) is 0 Å². The largest absolute Gasteiger partial charge is 0.412 e. The van der Waals surface area contributed by atoms with Gasteiger partial charge in [-0.3, -0.25) is 9.11 Å². The Morgan fingerprint density at radius 2 is 1.00 bits per heavy atom. The summed E-state index contributed by atoms with van der Waals surface area (Å²) in [6.45, 7) is 0. The van der Waals surface area contributed by atoms with E-state index in [-0.39, 0.29) is 44.5 Å². The summed E-state index contributed by atoms with van der Waals surface area (Å²) in [5.41, 5.74) is 0. The van der Waals surface area contributed by atoms with Gasteiger partial charge >= 0.3 is 10.4 Å². The molecule has 6 N–H and O–H groups in total. The van der Waals surface area contributed by atoms with Gasteiger partial charge in [0.25, 0.3) is 0 Å². The van der Waals surface area contributed by atoms with Gasteiger partial charge in [-0.05, 0) is 0 Å². The van der Waals surface area contributed by atoms with Crippen LogP contribution in [0.25, 0.3) is 0 Å². The van der Waals surface area contributed by atoms with E-state index in [2.05, 4.69) is 0 Å². The molecule has 9 heavy (non-hydrogen) atoms. The first-order valence-electron chi connectivity index (χ1n) is 0.698. The van der Waals surface area contributed by atoms with Crippen molar-refractivity contribution in [3.8, 4) is 0 Å². The summed E-state index contributed by atoms with van der Waals surface area (Å²) < 4.78 is 31.6. The summed E-state index contributed by atoms with van der Waals surface area (Å²) in [5.74, 6) is 0. The van der Waals surface area contributed by atoms with E-state index in [0.717, 1.165) is 0 Å². The molecule has 0 amide bonds. The summed E-state index contributed by atoms with van der Waals surface area (Å²) in [4.78, 5) is 0. The Hall–Kier alpha value is 0.803. The molecule has 0 aromatic heterocycles. The van der Waals surface area contributed by atoms with Crippen LogP contribution in [0.4, 0.5) is 0 Å². The van der Waals surface area contributed by atoms with Crippen molar-refractivity contribution in [2.75, 3.05) is 0 Å². The third-order valence-corrected chi connectivity index (χ3v) is 0. The van der Waals surface area contributed by atoms with Crippen molar-refractivity contribution in [2.24, 2.45) is 0 Å². The summed E-state index contributed by atoms with van der Waals surface area (Å²) >= 11 is 0. The third-order valence-electron chi connectivity index (χ3n) is 0. The standard InChI is InChI=1S/Fe.Ni.H2O4S.2H2O/c;;1-5(2,3)4;;/h;;(H2,1,2,3,4);2*1H2. The van der Waals surface area contributed by atoms with Gasteiger partial charge in [-0.25, -0.2) is 0 Å². The Balaban J connectivity index is -0.0000000133. The Bertz CT molecular complexity index is 96.2. The van der Waals surface area contributed by atoms with Crippen molar-refractivity contribution >= 4 is 10.4 Å². The van der Waals surface area contributed by atoms with Gasteiger partial charge in [-0.2, -0.15) is 8.42 Å². The SMILES string of the molecule is O.O.O=S(=O)(O)O.[Fe].[Ni]. The van der Waals surface area contributed by atoms with Crippen molar-refractivity contribution in [2.45, 2.75) is 0 Å². The summed E-state index contributed by atoms with van der Waals surface area (Å²) in [6, 6.07) is 0. The fourth-order valence-electron chi connectivity index (χ4n) is 0. The number of rotatable bonds is 0. The zero-order chi connectivity index (χ0) is 4.50. The Morgan fingerprint density at radius 1 is 1.00 bits per heavy atom. The summed E-state index contributed by atoms with van der Waals surface area (Å²) in [6.07, 6.45) is 0. The molecule has 0 aliphatic heterocycles. The zero-order valence-corrected chi connectivity index (χ0v) is 6.70. The van der Waals surface area contributed by atoms with Gasteiger partial charge in [0.05, 0.1) is 0 Å². The van der Waals surface area contributed by atoms with Gasteiger partial charge in [-0.15, -0.1) is 0 Å². The number of hydrogen-bond donors (Lipinski definition) is 2. The van der Waals surface area contributed by atoms with E-state index in [9.17, 15) is 0 Å². The summed E-state index contributed by atoms with van der Waals surface area (Å²) in [5, 5.41) is 0. The first-order chi connectivity index (χ1) is 2.00. The first kappa shape index (κ1) is 32.9. The van der Waals surface area contributed by atoms with E-state index in [4.69, 9.17) is 17.5 Å². The second-order valence-electron chi connectivity index (χ2n) is 0.448. The van der Waals surface area contributed by atoms with Crippen molar-refractivity contribution in [1.29, 1.82) is 0 Å². The predicted octanol–water partition coefficient (Wildman–Crippen LogP) is -2.31. The van der Waals surface area contributed by atoms with Crippen molar-refractivity contribution < 1.29 is 62.0 Å². The maximum Gasteiger partial charge on any atom is 0.394 e. The molecule has 0 saturated carbocycles. The average molecular weight is 249 g/mol. The van der Waals surface area contributed by atoms with E-state index in [1.807, 2.05) is 0 Å². The normalized spacial score (nSPS) is 6.44. The van der Waals surface area contributed by atoms with Gasteiger partial charge in [-0.1, -0.05) is 0 Å². The van der Waals surface area contributed by atoms with Crippen molar-refractivity contribution in [3.05, 3.63) is 0 Å². The molecule has 0 radical (unpaired) electrons. The molecule has 9 heteroatoms. The van der Waals surface area contributed by atoms with Gasteiger partial charge in [0, 0.05) is 33.6 Å². The van der Waals surface area contributed by atoms with E-state index in [0.29, 0.717) is 0 Å². The Labute approximate surface area is 72.6 Å². The molecule has 0 bridgehead atoms. The fraction of sp³-hybridized carbons (Fsp3) is 0. The smallest absolute Gasteiger partial charge is 0.394 e. The molecule has 66 valence electrons. The molecule has 0 heterocycles. The minimum atomic E-state index is -4.67. The average Bonchev–Trinajstić information content (AvgIpc) is 0.722. The zero-order valence-electron chi connectivity index (χ0n) is 3.79.